The minimum Gasteiger partial charge on any atom is -0.392 e. The van der Waals surface area contributed by atoms with Gasteiger partial charge < -0.3 is 5.11 Å². The van der Waals surface area contributed by atoms with Gasteiger partial charge >= 0.3 is 0 Å². The largest absolute Gasteiger partial charge is 0.392 e. The van der Waals surface area contributed by atoms with E-state index in [1.165, 1.54) is 12.0 Å². The molecule has 0 bridgehead atoms. The Morgan fingerprint density at radius 3 is 2.56 bits per heavy atom. The molecule has 0 saturated carbocycles. The van der Waals surface area contributed by atoms with Gasteiger partial charge in [-0.25, -0.2) is 0 Å². The van der Waals surface area contributed by atoms with E-state index in [4.69, 9.17) is 5.11 Å². The van der Waals surface area contributed by atoms with Crippen molar-refractivity contribution < 1.29 is 5.11 Å². The van der Waals surface area contributed by atoms with Gasteiger partial charge in [-0.3, -0.25) is 0 Å². The topological polar surface area (TPSA) is 20.2 Å². The molecule has 1 heteroatoms. The van der Waals surface area contributed by atoms with Crippen molar-refractivity contribution in [3.63, 3.8) is 0 Å². The molecular weight excluding hydrogens is 112 g/mol. The predicted molar refractivity (Wildman–Crippen MR) is 38.1 cm³/mol. The zero-order valence-corrected chi connectivity index (χ0v) is 6.09. The van der Waals surface area contributed by atoms with Crippen LogP contribution in [-0.4, -0.2) is 11.7 Å². The Balaban J connectivity index is 2.57. The number of allylic oxidation sites excluding steroid dienone is 1. The third-order valence-electron chi connectivity index (χ3n) is 2.04. The summed E-state index contributed by atoms with van der Waals surface area (Å²) < 4.78 is 0. The molecule has 0 amide bonds. The highest BCUT2D eigenvalue weighted by molar-refractivity contribution is 5.13. The fraction of sp³-hybridized carbons (Fsp3) is 0.750. The molecule has 2 atom stereocenters. The van der Waals surface area contributed by atoms with Crippen molar-refractivity contribution in [2.45, 2.75) is 20.3 Å². The van der Waals surface area contributed by atoms with Crippen LogP contribution in [-0.2, 0) is 0 Å². The van der Waals surface area contributed by atoms with Crippen molar-refractivity contribution in [2.24, 2.45) is 11.8 Å². The minimum absolute atomic E-state index is 0.255. The maximum Gasteiger partial charge on any atom is 0.0644 e. The van der Waals surface area contributed by atoms with Crippen LogP contribution in [0.2, 0.25) is 0 Å². The minimum atomic E-state index is 0.255. The van der Waals surface area contributed by atoms with E-state index in [-0.39, 0.29) is 6.61 Å². The second-order valence-corrected chi connectivity index (χ2v) is 3.01. The molecule has 0 aromatic heterocycles. The molecule has 2 unspecified atom stereocenters. The first-order valence-electron chi connectivity index (χ1n) is 3.55. The fourth-order valence-electron chi connectivity index (χ4n) is 1.52. The lowest BCUT2D eigenvalue weighted by atomic mass is 10.0. The molecule has 1 nitrogen and oxygen atoms in total. The molecule has 0 spiro atoms. The van der Waals surface area contributed by atoms with Gasteiger partial charge in [0.05, 0.1) is 6.61 Å². The molecular formula is C8H14O. The van der Waals surface area contributed by atoms with Crippen molar-refractivity contribution in [3.05, 3.63) is 11.6 Å². The van der Waals surface area contributed by atoms with E-state index in [0.717, 1.165) is 0 Å². The lowest BCUT2D eigenvalue weighted by molar-refractivity contribution is 0.318. The lowest BCUT2D eigenvalue weighted by Gasteiger charge is -2.04. The van der Waals surface area contributed by atoms with Crippen LogP contribution in [0, 0.1) is 11.8 Å². The molecule has 0 fully saturated rings. The van der Waals surface area contributed by atoms with Crippen LogP contribution in [0.5, 0.6) is 0 Å². The van der Waals surface area contributed by atoms with E-state index in [1.807, 2.05) is 0 Å². The molecule has 0 aromatic carbocycles. The molecule has 1 N–H and O–H groups in total. The summed E-state index contributed by atoms with van der Waals surface area (Å²) >= 11 is 0. The van der Waals surface area contributed by atoms with Gasteiger partial charge in [-0.2, -0.15) is 0 Å². The van der Waals surface area contributed by atoms with Crippen molar-refractivity contribution >= 4 is 0 Å². The van der Waals surface area contributed by atoms with Gasteiger partial charge in [0.1, 0.15) is 0 Å². The first kappa shape index (κ1) is 6.81. The molecule has 0 saturated heterocycles. The van der Waals surface area contributed by atoms with Crippen LogP contribution < -0.4 is 0 Å². The Morgan fingerprint density at radius 1 is 1.67 bits per heavy atom. The predicted octanol–water partition coefficient (Wildman–Crippen LogP) is 1.58. The fourth-order valence-corrected chi connectivity index (χ4v) is 1.52. The van der Waals surface area contributed by atoms with Gasteiger partial charge in [-0.05, 0) is 23.8 Å². The van der Waals surface area contributed by atoms with Gasteiger partial charge in [-0.15, -0.1) is 0 Å². The molecule has 0 aliphatic heterocycles. The summed E-state index contributed by atoms with van der Waals surface area (Å²) in [6, 6.07) is 0. The van der Waals surface area contributed by atoms with E-state index >= 15 is 0 Å². The van der Waals surface area contributed by atoms with Gasteiger partial charge in [0.25, 0.3) is 0 Å². The average Bonchev–Trinajstić information content (AvgIpc) is 2.10. The number of hydrogen-bond acceptors (Lipinski definition) is 1. The molecule has 0 aromatic rings. The monoisotopic (exact) mass is 126 g/mol. The van der Waals surface area contributed by atoms with E-state index in [9.17, 15) is 0 Å². The Kier molecular flexibility index (Phi) is 1.91. The van der Waals surface area contributed by atoms with Crippen LogP contribution in [0.3, 0.4) is 0 Å². The first-order chi connectivity index (χ1) is 4.24. The number of hydrogen-bond donors (Lipinski definition) is 1. The second kappa shape index (κ2) is 2.53. The summed E-state index contributed by atoms with van der Waals surface area (Å²) in [5, 5.41) is 8.79. The smallest absolute Gasteiger partial charge is 0.0644 e. The van der Waals surface area contributed by atoms with Crippen LogP contribution in [0.1, 0.15) is 20.3 Å². The van der Waals surface area contributed by atoms with E-state index < -0.39 is 0 Å². The molecule has 1 aliphatic rings. The first-order valence-corrected chi connectivity index (χ1v) is 3.55. The number of aliphatic hydroxyl groups excluding tert-OH is 1. The standard InChI is InChI=1S/C8H14O/c1-6-3-7(2)8(4-6)5-9/h4,6-7,9H,3,5H2,1-2H3. The third-order valence-corrected chi connectivity index (χ3v) is 2.04. The number of aliphatic hydroxyl groups is 1. The summed E-state index contributed by atoms with van der Waals surface area (Å²) in [5.41, 5.74) is 1.22. The Hall–Kier alpha value is -0.300. The molecule has 0 heterocycles. The van der Waals surface area contributed by atoms with Crippen LogP contribution in [0.25, 0.3) is 0 Å². The Bertz CT molecular complexity index is 127. The maximum atomic E-state index is 8.79. The summed E-state index contributed by atoms with van der Waals surface area (Å²) in [6.45, 7) is 4.62. The van der Waals surface area contributed by atoms with Crippen molar-refractivity contribution in [2.75, 3.05) is 6.61 Å². The summed E-state index contributed by atoms with van der Waals surface area (Å²) in [7, 11) is 0. The van der Waals surface area contributed by atoms with Crippen molar-refractivity contribution in [1.29, 1.82) is 0 Å². The highest BCUT2D eigenvalue weighted by Gasteiger charge is 2.18. The molecule has 1 rings (SSSR count). The summed E-state index contributed by atoms with van der Waals surface area (Å²) in [4.78, 5) is 0. The highest BCUT2D eigenvalue weighted by Crippen LogP contribution is 2.28. The van der Waals surface area contributed by atoms with Crippen molar-refractivity contribution in [1.82, 2.24) is 0 Å². The van der Waals surface area contributed by atoms with Crippen molar-refractivity contribution in [3.8, 4) is 0 Å². The molecule has 0 radical (unpaired) electrons. The van der Waals surface area contributed by atoms with E-state index in [1.54, 1.807) is 0 Å². The number of rotatable bonds is 1. The van der Waals surface area contributed by atoms with Crippen LogP contribution in [0.4, 0.5) is 0 Å². The van der Waals surface area contributed by atoms with Gasteiger partial charge in [-0.1, -0.05) is 19.9 Å². The maximum absolute atomic E-state index is 8.79. The third kappa shape index (κ3) is 1.33. The molecule has 9 heavy (non-hydrogen) atoms. The quantitative estimate of drug-likeness (QED) is 0.529. The zero-order chi connectivity index (χ0) is 6.85. The molecule has 1 aliphatic carbocycles. The second-order valence-electron chi connectivity index (χ2n) is 3.01. The normalized spacial score (nSPS) is 34.8. The summed E-state index contributed by atoms with van der Waals surface area (Å²) in [5.74, 6) is 1.30. The van der Waals surface area contributed by atoms with Crippen LogP contribution >= 0.6 is 0 Å². The van der Waals surface area contributed by atoms with Crippen LogP contribution in [0.15, 0.2) is 11.6 Å². The SMILES string of the molecule is CC1C=C(CO)C(C)C1. The van der Waals surface area contributed by atoms with E-state index in [2.05, 4.69) is 19.9 Å². The Labute approximate surface area is 56.4 Å². The van der Waals surface area contributed by atoms with Gasteiger partial charge in [0, 0.05) is 0 Å². The molecule has 52 valence electrons. The van der Waals surface area contributed by atoms with E-state index in [0.29, 0.717) is 11.8 Å². The lowest BCUT2D eigenvalue weighted by Crippen LogP contribution is -1.97. The zero-order valence-electron chi connectivity index (χ0n) is 6.09. The summed E-state index contributed by atoms with van der Waals surface area (Å²) in [6.07, 6.45) is 3.40. The Morgan fingerprint density at radius 2 is 2.33 bits per heavy atom. The van der Waals surface area contributed by atoms with Gasteiger partial charge in [0.2, 0.25) is 0 Å². The van der Waals surface area contributed by atoms with Gasteiger partial charge in [0.15, 0.2) is 0 Å². The average molecular weight is 126 g/mol. The highest BCUT2D eigenvalue weighted by atomic mass is 16.3.